The summed E-state index contributed by atoms with van der Waals surface area (Å²) in [6.45, 7) is 1.77. The maximum Gasteiger partial charge on any atom is 0.354 e. The Labute approximate surface area is 104 Å². The number of hydrogen-bond donors (Lipinski definition) is 2. The predicted molar refractivity (Wildman–Crippen MR) is 67.7 cm³/mol. The highest BCUT2D eigenvalue weighted by molar-refractivity contribution is 7.99. The van der Waals surface area contributed by atoms with Crippen LogP contribution in [0.25, 0.3) is 0 Å². The summed E-state index contributed by atoms with van der Waals surface area (Å²) >= 11 is 1.90. The van der Waals surface area contributed by atoms with E-state index in [1.807, 2.05) is 11.8 Å². The number of anilines is 1. The molecule has 1 saturated heterocycles. The van der Waals surface area contributed by atoms with Gasteiger partial charge in [0, 0.05) is 17.5 Å². The number of thioether (sulfide) groups is 1. The van der Waals surface area contributed by atoms with Gasteiger partial charge in [0.25, 0.3) is 0 Å². The molecule has 1 unspecified atom stereocenters. The van der Waals surface area contributed by atoms with Gasteiger partial charge in [0.2, 0.25) is 5.95 Å². The highest BCUT2D eigenvalue weighted by Crippen LogP contribution is 2.19. The van der Waals surface area contributed by atoms with Crippen LogP contribution in [0.2, 0.25) is 0 Å². The van der Waals surface area contributed by atoms with Crippen LogP contribution in [0.3, 0.4) is 0 Å². The molecule has 5 nitrogen and oxygen atoms in total. The van der Waals surface area contributed by atoms with Gasteiger partial charge in [0.15, 0.2) is 5.69 Å². The standard InChI is InChI=1S/C11H15N3O2S/c1-7-5-9(10(15)16)14-11(12-7)13-8-3-2-4-17-6-8/h5,8H,2-4,6H2,1H3,(H,15,16)(H,12,13,14). The van der Waals surface area contributed by atoms with E-state index in [2.05, 4.69) is 15.3 Å². The maximum atomic E-state index is 10.9. The van der Waals surface area contributed by atoms with E-state index < -0.39 is 5.97 Å². The first kappa shape index (κ1) is 12.2. The molecule has 0 amide bonds. The second kappa shape index (κ2) is 5.35. The lowest BCUT2D eigenvalue weighted by atomic mass is 10.2. The summed E-state index contributed by atoms with van der Waals surface area (Å²) in [5.41, 5.74) is 0.715. The van der Waals surface area contributed by atoms with E-state index in [1.165, 1.54) is 18.2 Å². The minimum Gasteiger partial charge on any atom is -0.477 e. The average Bonchev–Trinajstić information content (AvgIpc) is 2.29. The molecular formula is C11H15N3O2S. The molecule has 92 valence electrons. The van der Waals surface area contributed by atoms with Gasteiger partial charge in [-0.25, -0.2) is 14.8 Å². The van der Waals surface area contributed by atoms with Crippen LogP contribution in [-0.4, -0.2) is 38.6 Å². The Morgan fingerprint density at radius 1 is 1.59 bits per heavy atom. The molecule has 1 aliphatic rings. The minimum atomic E-state index is -1.02. The Hall–Kier alpha value is -1.30. The quantitative estimate of drug-likeness (QED) is 0.855. The lowest BCUT2D eigenvalue weighted by molar-refractivity contribution is 0.0690. The van der Waals surface area contributed by atoms with Crippen LogP contribution in [0.4, 0.5) is 5.95 Å². The van der Waals surface area contributed by atoms with Crippen molar-refractivity contribution in [3.8, 4) is 0 Å². The molecule has 2 rings (SSSR count). The van der Waals surface area contributed by atoms with Crippen LogP contribution in [0.1, 0.15) is 29.0 Å². The van der Waals surface area contributed by atoms with Crippen LogP contribution in [0, 0.1) is 6.92 Å². The monoisotopic (exact) mass is 253 g/mol. The van der Waals surface area contributed by atoms with Gasteiger partial charge in [0.1, 0.15) is 0 Å². The predicted octanol–water partition coefficient (Wildman–Crippen LogP) is 1.79. The fourth-order valence-electron chi connectivity index (χ4n) is 1.78. The lowest BCUT2D eigenvalue weighted by Gasteiger charge is -2.22. The van der Waals surface area contributed by atoms with Crippen molar-refractivity contribution in [2.45, 2.75) is 25.8 Å². The Kier molecular flexibility index (Phi) is 3.83. The highest BCUT2D eigenvalue weighted by atomic mass is 32.2. The first-order valence-electron chi connectivity index (χ1n) is 5.58. The van der Waals surface area contributed by atoms with Gasteiger partial charge >= 0.3 is 5.97 Å². The van der Waals surface area contributed by atoms with Crippen LogP contribution >= 0.6 is 11.8 Å². The molecule has 2 N–H and O–H groups in total. The number of nitrogens with one attached hydrogen (secondary N) is 1. The fourth-order valence-corrected chi connectivity index (χ4v) is 2.85. The van der Waals surface area contributed by atoms with Crippen molar-refractivity contribution < 1.29 is 9.90 Å². The molecule has 1 aromatic rings. The van der Waals surface area contributed by atoms with Gasteiger partial charge in [-0.15, -0.1) is 0 Å². The van der Waals surface area contributed by atoms with Crippen LogP contribution in [-0.2, 0) is 0 Å². The number of carboxylic acids is 1. The van der Waals surface area contributed by atoms with Crippen molar-refractivity contribution in [3.05, 3.63) is 17.5 Å². The Morgan fingerprint density at radius 2 is 2.41 bits per heavy atom. The number of aromatic nitrogens is 2. The number of nitrogens with zero attached hydrogens (tertiary/aromatic N) is 2. The molecule has 0 spiro atoms. The Morgan fingerprint density at radius 3 is 3.06 bits per heavy atom. The van der Waals surface area contributed by atoms with E-state index in [1.54, 1.807) is 6.92 Å². The second-order valence-electron chi connectivity index (χ2n) is 4.08. The molecule has 1 aromatic heterocycles. The number of aryl methyl sites for hydroxylation is 1. The molecule has 0 saturated carbocycles. The number of aromatic carboxylic acids is 1. The van der Waals surface area contributed by atoms with Gasteiger partial charge in [-0.2, -0.15) is 11.8 Å². The molecule has 17 heavy (non-hydrogen) atoms. The lowest BCUT2D eigenvalue weighted by Crippen LogP contribution is -2.27. The summed E-state index contributed by atoms with van der Waals surface area (Å²) in [5.74, 6) is 1.64. The maximum absolute atomic E-state index is 10.9. The van der Waals surface area contributed by atoms with E-state index in [0.717, 1.165) is 12.2 Å². The first-order chi connectivity index (χ1) is 8.15. The third kappa shape index (κ3) is 3.33. The molecule has 1 fully saturated rings. The molecule has 1 atom stereocenters. The summed E-state index contributed by atoms with van der Waals surface area (Å²) in [6.07, 6.45) is 2.27. The molecule has 2 heterocycles. The summed E-state index contributed by atoms with van der Waals surface area (Å²) in [4.78, 5) is 19.1. The van der Waals surface area contributed by atoms with Gasteiger partial charge in [-0.1, -0.05) is 0 Å². The first-order valence-corrected chi connectivity index (χ1v) is 6.74. The van der Waals surface area contributed by atoms with Crippen LogP contribution in [0.5, 0.6) is 0 Å². The van der Waals surface area contributed by atoms with Gasteiger partial charge in [-0.3, -0.25) is 0 Å². The molecule has 0 aromatic carbocycles. The van der Waals surface area contributed by atoms with Gasteiger partial charge in [0.05, 0.1) is 0 Å². The molecule has 6 heteroatoms. The highest BCUT2D eigenvalue weighted by Gasteiger charge is 2.16. The molecule has 0 bridgehead atoms. The van der Waals surface area contributed by atoms with E-state index in [-0.39, 0.29) is 5.69 Å². The Bertz CT molecular complexity index is 419. The van der Waals surface area contributed by atoms with Crippen molar-refractivity contribution in [1.82, 2.24) is 9.97 Å². The zero-order valence-electron chi connectivity index (χ0n) is 9.64. The minimum absolute atomic E-state index is 0.0449. The number of rotatable bonds is 3. The Balaban J connectivity index is 2.11. The number of hydrogen-bond acceptors (Lipinski definition) is 5. The normalized spacial score (nSPS) is 19.9. The van der Waals surface area contributed by atoms with E-state index >= 15 is 0 Å². The number of carboxylic acid groups (broad SMARTS) is 1. The van der Waals surface area contributed by atoms with Crippen molar-refractivity contribution in [3.63, 3.8) is 0 Å². The smallest absolute Gasteiger partial charge is 0.354 e. The van der Waals surface area contributed by atoms with Crippen molar-refractivity contribution in [1.29, 1.82) is 0 Å². The van der Waals surface area contributed by atoms with Crippen LogP contribution < -0.4 is 5.32 Å². The second-order valence-corrected chi connectivity index (χ2v) is 5.23. The van der Waals surface area contributed by atoms with E-state index in [4.69, 9.17) is 5.11 Å². The zero-order valence-corrected chi connectivity index (χ0v) is 10.5. The summed E-state index contributed by atoms with van der Waals surface area (Å²) < 4.78 is 0. The fraction of sp³-hybridized carbons (Fsp3) is 0.545. The summed E-state index contributed by atoms with van der Waals surface area (Å²) in [5, 5.41) is 12.1. The van der Waals surface area contributed by atoms with Crippen molar-refractivity contribution in [2.75, 3.05) is 16.8 Å². The van der Waals surface area contributed by atoms with Gasteiger partial charge < -0.3 is 10.4 Å². The summed E-state index contributed by atoms with van der Waals surface area (Å²) in [6, 6.07) is 1.82. The van der Waals surface area contributed by atoms with E-state index in [9.17, 15) is 4.79 Å². The van der Waals surface area contributed by atoms with Gasteiger partial charge in [-0.05, 0) is 31.6 Å². The SMILES string of the molecule is Cc1cc(C(=O)O)nc(NC2CCCSC2)n1. The zero-order chi connectivity index (χ0) is 12.3. The molecule has 0 aliphatic carbocycles. The third-order valence-corrected chi connectivity index (χ3v) is 3.78. The van der Waals surface area contributed by atoms with E-state index in [0.29, 0.717) is 17.7 Å². The average molecular weight is 253 g/mol. The number of carbonyl (C=O) groups is 1. The third-order valence-electron chi connectivity index (χ3n) is 2.57. The molecular weight excluding hydrogens is 238 g/mol. The van der Waals surface area contributed by atoms with Crippen molar-refractivity contribution >= 4 is 23.7 Å². The van der Waals surface area contributed by atoms with Crippen molar-refractivity contribution in [2.24, 2.45) is 0 Å². The largest absolute Gasteiger partial charge is 0.477 e. The van der Waals surface area contributed by atoms with Crippen LogP contribution in [0.15, 0.2) is 6.07 Å². The topological polar surface area (TPSA) is 75.1 Å². The molecule has 0 radical (unpaired) electrons. The summed E-state index contributed by atoms with van der Waals surface area (Å²) in [7, 11) is 0. The molecule has 1 aliphatic heterocycles.